The first kappa shape index (κ1) is 14.0. The van der Waals surface area contributed by atoms with E-state index in [1.54, 1.807) is 7.11 Å². The summed E-state index contributed by atoms with van der Waals surface area (Å²) in [5, 5.41) is 3.51. The fourth-order valence-corrected chi connectivity index (χ4v) is 1.61. The maximum Gasteiger partial charge on any atom is 0.212 e. The number of pyridine rings is 1. The third-order valence-corrected chi connectivity index (χ3v) is 2.84. The van der Waals surface area contributed by atoms with Crippen LogP contribution in [0, 0.1) is 5.92 Å². The Kier molecular flexibility index (Phi) is 5.98. The van der Waals surface area contributed by atoms with Gasteiger partial charge in [-0.3, -0.25) is 0 Å². The summed E-state index contributed by atoms with van der Waals surface area (Å²) in [6.07, 6.45) is 4.36. The number of methoxy groups -OCH3 is 1. The third-order valence-electron chi connectivity index (χ3n) is 2.84. The molecule has 0 aromatic carbocycles. The van der Waals surface area contributed by atoms with Crippen LogP contribution < -0.4 is 10.1 Å². The molecule has 0 aliphatic heterocycles. The molecule has 1 unspecified atom stereocenters. The summed E-state index contributed by atoms with van der Waals surface area (Å²) < 4.78 is 5.03. The highest BCUT2D eigenvalue weighted by atomic mass is 16.5. The number of aromatic nitrogens is 1. The lowest BCUT2D eigenvalue weighted by molar-refractivity contribution is 0.397. The maximum absolute atomic E-state index is 5.03. The van der Waals surface area contributed by atoms with Crippen molar-refractivity contribution >= 4 is 0 Å². The van der Waals surface area contributed by atoms with Gasteiger partial charge in [0.05, 0.1) is 7.11 Å². The Balaban J connectivity index is 2.29. The number of hydrogen-bond acceptors (Lipinski definition) is 3. The van der Waals surface area contributed by atoms with Gasteiger partial charge in [0.1, 0.15) is 0 Å². The van der Waals surface area contributed by atoms with Crippen molar-refractivity contribution in [2.24, 2.45) is 5.92 Å². The summed E-state index contributed by atoms with van der Waals surface area (Å²) in [6, 6.07) is 4.50. The molecule has 1 aromatic rings. The molecular weight excluding hydrogens is 212 g/mol. The van der Waals surface area contributed by atoms with Gasteiger partial charge in [-0.2, -0.15) is 0 Å². The molecule has 0 fully saturated rings. The highest BCUT2D eigenvalue weighted by molar-refractivity contribution is 5.17. The number of nitrogens with zero attached hydrogens (tertiary/aromatic N) is 1. The minimum absolute atomic E-state index is 0.555. The second-order valence-corrected chi connectivity index (χ2v) is 4.96. The molecule has 0 spiro atoms. The van der Waals surface area contributed by atoms with E-state index in [2.05, 4.69) is 31.1 Å². The van der Waals surface area contributed by atoms with Crippen molar-refractivity contribution in [3.63, 3.8) is 0 Å². The summed E-state index contributed by atoms with van der Waals surface area (Å²) in [5.74, 6) is 1.45. The summed E-state index contributed by atoms with van der Waals surface area (Å²) in [4.78, 5) is 4.19. The average molecular weight is 236 g/mol. The summed E-state index contributed by atoms with van der Waals surface area (Å²) in [6.45, 7) is 7.63. The Morgan fingerprint density at radius 1 is 1.24 bits per heavy atom. The minimum Gasteiger partial charge on any atom is -0.481 e. The predicted octanol–water partition coefficient (Wildman–Crippen LogP) is 3.00. The molecular formula is C14H24N2O. The van der Waals surface area contributed by atoms with Crippen molar-refractivity contribution in [3.8, 4) is 5.88 Å². The van der Waals surface area contributed by atoms with Gasteiger partial charge in [0.25, 0.3) is 0 Å². The first-order valence-corrected chi connectivity index (χ1v) is 6.34. The summed E-state index contributed by atoms with van der Waals surface area (Å²) >= 11 is 0. The molecule has 1 rings (SSSR count). The van der Waals surface area contributed by atoms with E-state index in [0.29, 0.717) is 11.9 Å². The van der Waals surface area contributed by atoms with Gasteiger partial charge in [-0.25, -0.2) is 4.98 Å². The quantitative estimate of drug-likeness (QED) is 0.790. The van der Waals surface area contributed by atoms with Gasteiger partial charge in [0.2, 0.25) is 5.88 Å². The highest BCUT2D eigenvalue weighted by Crippen LogP contribution is 2.09. The van der Waals surface area contributed by atoms with Crippen LogP contribution in [0.3, 0.4) is 0 Å². The van der Waals surface area contributed by atoms with Crippen LogP contribution >= 0.6 is 0 Å². The molecule has 0 saturated carbocycles. The van der Waals surface area contributed by atoms with Crippen LogP contribution in [0.5, 0.6) is 5.88 Å². The van der Waals surface area contributed by atoms with E-state index in [-0.39, 0.29) is 0 Å². The van der Waals surface area contributed by atoms with Crippen LogP contribution in [0.2, 0.25) is 0 Å². The lowest BCUT2D eigenvalue weighted by Crippen LogP contribution is -2.25. The van der Waals surface area contributed by atoms with Gasteiger partial charge in [0.15, 0.2) is 0 Å². The summed E-state index contributed by atoms with van der Waals surface area (Å²) in [5.41, 5.74) is 1.20. The second-order valence-electron chi connectivity index (χ2n) is 4.96. The molecule has 1 aromatic heterocycles. The number of hydrogen-bond donors (Lipinski definition) is 1. The number of rotatable bonds is 7. The van der Waals surface area contributed by atoms with E-state index in [4.69, 9.17) is 4.74 Å². The second kappa shape index (κ2) is 7.28. The maximum atomic E-state index is 5.03. The zero-order valence-corrected chi connectivity index (χ0v) is 11.4. The van der Waals surface area contributed by atoms with Crippen molar-refractivity contribution < 1.29 is 4.74 Å². The van der Waals surface area contributed by atoms with Crippen molar-refractivity contribution in [3.05, 3.63) is 23.9 Å². The van der Waals surface area contributed by atoms with Crippen LogP contribution in [0.4, 0.5) is 0 Å². The van der Waals surface area contributed by atoms with Gasteiger partial charge in [-0.05, 0) is 31.2 Å². The molecule has 1 atom stereocenters. The topological polar surface area (TPSA) is 34.1 Å². The van der Waals surface area contributed by atoms with E-state index in [0.717, 1.165) is 12.5 Å². The first-order valence-electron chi connectivity index (χ1n) is 6.34. The normalized spacial score (nSPS) is 12.8. The molecule has 3 nitrogen and oxygen atoms in total. The zero-order valence-electron chi connectivity index (χ0n) is 11.4. The smallest absolute Gasteiger partial charge is 0.212 e. The van der Waals surface area contributed by atoms with Crippen LogP contribution in [0.15, 0.2) is 18.3 Å². The van der Waals surface area contributed by atoms with Crippen LogP contribution in [-0.4, -0.2) is 18.1 Å². The molecule has 96 valence electrons. The van der Waals surface area contributed by atoms with Crippen molar-refractivity contribution in [1.29, 1.82) is 0 Å². The van der Waals surface area contributed by atoms with E-state index in [1.165, 1.54) is 18.4 Å². The van der Waals surface area contributed by atoms with Crippen molar-refractivity contribution in [2.45, 2.75) is 46.2 Å². The number of nitrogens with one attached hydrogen (secondary N) is 1. The van der Waals surface area contributed by atoms with E-state index in [9.17, 15) is 0 Å². The van der Waals surface area contributed by atoms with E-state index in [1.807, 2.05) is 18.3 Å². The average Bonchev–Trinajstić information content (AvgIpc) is 2.34. The molecule has 0 amide bonds. The van der Waals surface area contributed by atoms with Crippen molar-refractivity contribution in [2.75, 3.05) is 7.11 Å². The zero-order chi connectivity index (χ0) is 12.7. The van der Waals surface area contributed by atoms with Gasteiger partial charge in [-0.15, -0.1) is 0 Å². The minimum atomic E-state index is 0.555. The molecule has 17 heavy (non-hydrogen) atoms. The van der Waals surface area contributed by atoms with Gasteiger partial charge in [-0.1, -0.05) is 19.9 Å². The molecule has 0 aliphatic rings. The van der Waals surface area contributed by atoms with Crippen LogP contribution in [0.25, 0.3) is 0 Å². The number of ether oxygens (including phenoxy) is 1. The fourth-order valence-electron chi connectivity index (χ4n) is 1.61. The standard InChI is InChI=1S/C14H24N2O/c1-11(2)5-6-12(3)15-9-13-7-8-14(17-4)16-10-13/h7-8,10-12,15H,5-6,9H2,1-4H3. The van der Waals surface area contributed by atoms with E-state index >= 15 is 0 Å². The predicted molar refractivity (Wildman–Crippen MR) is 71.2 cm³/mol. The van der Waals surface area contributed by atoms with Gasteiger partial charge >= 0.3 is 0 Å². The van der Waals surface area contributed by atoms with E-state index < -0.39 is 0 Å². The SMILES string of the molecule is COc1ccc(CNC(C)CCC(C)C)cn1. The Labute approximate surface area is 105 Å². The van der Waals surface area contributed by atoms with Crippen molar-refractivity contribution in [1.82, 2.24) is 10.3 Å². The molecule has 1 heterocycles. The molecule has 1 N–H and O–H groups in total. The highest BCUT2D eigenvalue weighted by Gasteiger charge is 2.03. The monoisotopic (exact) mass is 236 g/mol. The van der Waals surface area contributed by atoms with Gasteiger partial charge < -0.3 is 10.1 Å². The third kappa shape index (κ3) is 5.68. The molecule has 0 saturated heterocycles. The molecule has 0 bridgehead atoms. The van der Waals surface area contributed by atoms with Crippen LogP contribution in [-0.2, 0) is 6.54 Å². The summed E-state index contributed by atoms with van der Waals surface area (Å²) in [7, 11) is 1.63. The Hall–Kier alpha value is -1.09. The molecule has 0 radical (unpaired) electrons. The molecule has 3 heteroatoms. The molecule has 0 aliphatic carbocycles. The Morgan fingerprint density at radius 2 is 2.00 bits per heavy atom. The Bertz CT molecular complexity index is 309. The van der Waals surface area contributed by atoms with Gasteiger partial charge in [0, 0.05) is 24.8 Å². The first-order chi connectivity index (χ1) is 8.11. The lowest BCUT2D eigenvalue weighted by atomic mass is 10.0. The fraction of sp³-hybridized carbons (Fsp3) is 0.643. The van der Waals surface area contributed by atoms with Crippen LogP contribution in [0.1, 0.15) is 39.2 Å². The Morgan fingerprint density at radius 3 is 2.53 bits per heavy atom. The lowest BCUT2D eigenvalue weighted by Gasteiger charge is -2.15. The largest absolute Gasteiger partial charge is 0.481 e.